The Hall–Kier alpha value is -0.650. The molecule has 138 valence electrons. The van der Waals surface area contributed by atoms with Crippen LogP contribution in [0.5, 0.6) is 0 Å². The van der Waals surface area contributed by atoms with E-state index in [2.05, 4.69) is 17.6 Å². The molecular formula is C19H35N2O3+. The number of hydrogen-bond donors (Lipinski definition) is 2. The molecule has 3 rings (SSSR count). The van der Waals surface area contributed by atoms with Crippen LogP contribution in [0.1, 0.15) is 58.3 Å². The predicted octanol–water partition coefficient (Wildman–Crippen LogP) is 1.22. The lowest BCUT2D eigenvalue weighted by Crippen LogP contribution is -2.99. The number of piperidine rings is 1. The Labute approximate surface area is 146 Å². The van der Waals surface area contributed by atoms with E-state index in [1.165, 1.54) is 39.2 Å². The second-order valence-corrected chi connectivity index (χ2v) is 8.26. The Morgan fingerprint density at radius 1 is 1.08 bits per heavy atom. The van der Waals surface area contributed by atoms with Crippen molar-refractivity contribution in [2.24, 2.45) is 11.8 Å². The van der Waals surface area contributed by atoms with E-state index in [0.717, 1.165) is 25.3 Å². The third-order valence-corrected chi connectivity index (χ3v) is 6.62. The first kappa shape index (κ1) is 18.2. The van der Waals surface area contributed by atoms with Gasteiger partial charge in [-0.2, -0.15) is 0 Å². The van der Waals surface area contributed by atoms with Gasteiger partial charge in [-0.05, 0) is 39.0 Å². The summed E-state index contributed by atoms with van der Waals surface area (Å²) in [6.07, 6.45) is 9.51. The van der Waals surface area contributed by atoms with Gasteiger partial charge in [-0.3, -0.25) is 4.79 Å². The van der Waals surface area contributed by atoms with Crippen molar-refractivity contribution in [2.45, 2.75) is 88.6 Å². The van der Waals surface area contributed by atoms with Crippen LogP contribution in [0.25, 0.3) is 0 Å². The van der Waals surface area contributed by atoms with Gasteiger partial charge in [0.2, 0.25) is 0 Å². The first-order chi connectivity index (χ1) is 11.6. The molecule has 0 aromatic heterocycles. The molecule has 2 aliphatic carbocycles. The van der Waals surface area contributed by atoms with Crippen LogP contribution in [-0.2, 0) is 14.3 Å². The monoisotopic (exact) mass is 339 g/mol. The number of nitrogens with one attached hydrogen (secondary N) is 1. The molecule has 7 atom stereocenters. The Morgan fingerprint density at radius 2 is 1.92 bits per heavy atom. The largest absolute Gasteiger partial charge is 0.469 e. The molecule has 0 amide bonds. The molecular weight excluding hydrogens is 304 g/mol. The Morgan fingerprint density at radius 3 is 2.67 bits per heavy atom. The van der Waals surface area contributed by atoms with Crippen molar-refractivity contribution in [3.8, 4) is 0 Å². The normalized spacial score (nSPS) is 43.0. The summed E-state index contributed by atoms with van der Waals surface area (Å²) in [5.74, 6) is 0.753. The minimum Gasteiger partial charge on any atom is -0.469 e. The molecule has 1 aliphatic heterocycles. The second kappa shape index (κ2) is 8.15. The van der Waals surface area contributed by atoms with Crippen molar-refractivity contribution in [2.75, 3.05) is 14.2 Å². The smallest absolute Gasteiger partial charge is 0.308 e. The molecule has 0 aromatic rings. The van der Waals surface area contributed by atoms with Crippen molar-refractivity contribution in [3.63, 3.8) is 0 Å². The number of quaternary nitrogens is 1. The summed E-state index contributed by atoms with van der Waals surface area (Å²) in [5, 5.41) is 6.55. The van der Waals surface area contributed by atoms with Gasteiger partial charge in [-0.1, -0.05) is 6.42 Å². The van der Waals surface area contributed by atoms with Gasteiger partial charge >= 0.3 is 5.97 Å². The van der Waals surface area contributed by atoms with E-state index >= 15 is 0 Å². The van der Waals surface area contributed by atoms with Crippen LogP contribution in [0.3, 0.4) is 0 Å². The molecule has 0 spiro atoms. The molecule has 0 radical (unpaired) electrons. The molecule has 0 bridgehead atoms. The fourth-order valence-electron chi connectivity index (χ4n) is 5.40. The fourth-order valence-corrected chi connectivity index (χ4v) is 5.40. The van der Waals surface area contributed by atoms with Gasteiger partial charge in [0.05, 0.1) is 31.2 Å². The van der Waals surface area contributed by atoms with Crippen LogP contribution in [-0.4, -0.2) is 50.5 Å². The quantitative estimate of drug-likeness (QED) is 0.756. The molecule has 0 aromatic carbocycles. The maximum Gasteiger partial charge on any atom is 0.308 e. The first-order valence-electron chi connectivity index (χ1n) is 9.82. The lowest BCUT2D eigenvalue weighted by molar-refractivity contribution is -0.737. The highest BCUT2D eigenvalue weighted by atomic mass is 16.5. The highest BCUT2D eigenvalue weighted by molar-refractivity contribution is 5.72. The summed E-state index contributed by atoms with van der Waals surface area (Å²) < 4.78 is 10.6. The fraction of sp³-hybridized carbons (Fsp3) is 0.947. The Bertz CT molecular complexity index is 431. The lowest BCUT2D eigenvalue weighted by atomic mass is 9.73. The van der Waals surface area contributed by atoms with Gasteiger partial charge in [0, 0.05) is 38.0 Å². The molecule has 1 saturated heterocycles. The molecule has 5 heteroatoms. The SMILES string of the molecule is COC(=O)C1CCCC(NC2CC(C)[NH2+]C3CCC(OC)CC23)C1. The van der Waals surface area contributed by atoms with Gasteiger partial charge in [0.25, 0.3) is 0 Å². The molecule has 5 nitrogen and oxygen atoms in total. The van der Waals surface area contributed by atoms with Crippen molar-refractivity contribution < 1.29 is 19.6 Å². The standard InChI is InChI=1S/C19H34N2O3/c1-12-9-18(16-11-15(23-2)7-8-17(16)20-12)21-14-6-4-5-13(10-14)19(22)24-3/h12-18,20-21H,4-11H2,1-3H3/p+1. The highest BCUT2D eigenvalue weighted by Gasteiger charge is 2.44. The molecule has 7 unspecified atom stereocenters. The van der Waals surface area contributed by atoms with Gasteiger partial charge in [-0.25, -0.2) is 0 Å². The molecule has 3 N–H and O–H groups in total. The predicted molar refractivity (Wildman–Crippen MR) is 92.6 cm³/mol. The maximum atomic E-state index is 11.9. The van der Waals surface area contributed by atoms with Crippen LogP contribution in [0, 0.1) is 11.8 Å². The molecule has 24 heavy (non-hydrogen) atoms. The van der Waals surface area contributed by atoms with Crippen molar-refractivity contribution in [1.82, 2.24) is 5.32 Å². The van der Waals surface area contributed by atoms with E-state index in [-0.39, 0.29) is 11.9 Å². The molecule has 1 heterocycles. The maximum absolute atomic E-state index is 11.9. The molecule has 3 fully saturated rings. The summed E-state index contributed by atoms with van der Waals surface area (Å²) in [5.41, 5.74) is 0. The first-order valence-corrected chi connectivity index (χ1v) is 9.82. The summed E-state index contributed by atoms with van der Waals surface area (Å²) in [4.78, 5) is 11.9. The number of fused-ring (bicyclic) bond motifs is 1. The Balaban J connectivity index is 1.62. The van der Waals surface area contributed by atoms with Crippen molar-refractivity contribution >= 4 is 5.97 Å². The van der Waals surface area contributed by atoms with E-state index in [1.807, 2.05) is 7.11 Å². The van der Waals surface area contributed by atoms with Crippen LogP contribution >= 0.6 is 0 Å². The number of methoxy groups -OCH3 is 2. The van der Waals surface area contributed by atoms with E-state index in [9.17, 15) is 4.79 Å². The van der Waals surface area contributed by atoms with Gasteiger partial charge in [-0.15, -0.1) is 0 Å². The lowest BCUT2D eigenvalue weighted by Gasteiger charge is -2.45. The van der Waals surface area contributed by atoms with Crippen molar-refractivity contribution in [1.29, 1.82) is 0 Å². The van der Waals surface area contributed by atoms with Crippen molar-refractivity contribution in [3.05, 3.63) is 0 Å². The number of rotatable bonds is 4. The van der Waals surface area contributed by atoms with E-state index < -0.39 is 0 Å². The van der Waals surface area contributed by atoms with Crippen LogP contribution in [0.15, 0.2) is 0 Å². The summed E-state index contributed by atoms with van der Waals surface area (Å²) in [7, 11) is 3.36. The second-order valence-electron chi connectivity index (χ2n) is 8.26. The topological polar surface area (TPSA) is 64.2 Å². The summed E-state index contributed by atoms with van der Waals surface area (Å²) in [6.45, 7) is 2.35. The average molecular weight is 340 g/mol. The summed E-state index contributed by atoms with van der Waals surface area (Å²) >= 11 is 0. The van der Waals surface area contributed by atoms with Crippen LogP contribution in [0.2, 0.25) is 0 Å². The van der Waals surface area contributed by atoms with Crippen LogP contribution < -0.4 is 10.6 Å². The highest BCUT2D eigenvalue weighted by Crippen LogP contribution is 2.33. The number of carbonyl (C=O) groups is 1. The number of carbonyl (C=O) groups excluding carboxylic acids is 1. The zero-order valence-electron chi connectivity index (χ0n) is 15.5. The molecule has 3 aliphatic rings. The van der Waals surface area contributed by atoms with E-state index in [0.29, 0.717) is 30.1 Å². The van der Waals surface area contributed by atoms with E-state index in [1.54, 1.807) is 0 Å². The van der Waals surface area contributed by atoms with Gasteiger partial charge in [0.15, 0.2) is 0 Å². The Kier molecular flexibility index (Phi) is 6.17. The average Bonchev–Trinajstić information content (AvgIpc) is 2.61. The number of esters is 1. The van der Waals surface area contributed by atoms with Gasteiger partial charge in [0.1, 0.15) is 0 Å². The zero-order chi connectivity index (χ0) is 17.1. The summed E-state index contributed by atoms with van der Waals surface area (Å²) in [6, 6.07) is 2.44. The van der Waals surface area contributed by atoms with Crippen LogP contribution in [0.4, 0.5) is 0 Å². The van der Waals surface area contributed by atoms with Gasteiger partial charge < -0.3 is 20.1 Å². The molecule has 2 saturated carbocycles. The number of nitrogens with two attached hydrogens (primary N) is 1. The zero-order valence-corrected chi connectivity index (χ0v) is 15.5. The minimum absolute atomic E-state index is 0.0261. The number of hydrogen-bond acceptors (Lipinski definition) is 4. The van der Waals surface area contributed by atoms with E-state index in [4.69, 9.17) is 9.47 Å². The third-order valence-electron chi connectivity index (χ3n) is 6.62. The minimum atomic E-state index is -0.0261. The third kappa shape index (κ3) is 4.12. The number of ether oxygens (including phenoxy) is 2.